The first-order chi connectivity index (χ1) is 9.13. The Morgan fingerprint density at radius 1 is 1.47 bits per heavy atom. The van der Waals surface area contributed by atoms with Crippen molar-refractivity contribution in [3.63, 3.8) is 0 Å². The molecule has 0 aromatic heterocycles. The minimum absolute atomic E-state index is 0.0214. The van der Waals surface area contributed by atoms with Gasteiger partial charge in [0.05, 0.1) is 0 Å². The Morgan fingerprint density at radius 3 is 2.89 bits per heavy atom. The summed E-state index contributed by atoms with van der Waals surface area (Å²) in [4.78, 5) is 23.6. The van der Waals surface area contributed by atoms with Crippen LogP contribution in [-0.2, 0) is 16.1 Å². The second kappa shape index (κ2) is 5.82. The SMILES string of the molecule is CCC1CNC(=O)C1C(=O)NCc1ccccc1F. The highest BCUT2D eigenvalue weighted by Crippen LogP contribution is 2.21. The Balaban J connectivity index is 1.98. The van der Waals surface area contributed by atoms with E-state index in [-0.39, 0.29) is 30.1 Å². The lowest BCUT2D eigenvalue weighted by molar-refractivity contribution is -0.134. The average molecular weight is 264 g/mol. The molecule has 0 saturated carbocycles. The Morgan fingerprint density at radius 2 is 2.21 bits per heavy atom. The van der Waals surface area contributed by atoms with Gasteiger partial charge in [-0.3, -0.25) is 9.59 Å². The van der Waals surface area contributed by atoms with Crippen molar-refractivity contribution in [3.8, 4) is 0 Å². The number of halogens is 1. The standard InChI is InChI=1S/C14H17FN2O2/c1-2-9-7-16-13(18)12(9)14(19)17-8-10-5-3-4-6-11(10)15/h3-6,9,12H,2,7-8H2,1H3,(H,16,18)(H,17,19). The Bertz CT molecular complexity index is 490. The molecule has 1 saturated heterocycles. The van der Waals surface area contributed by atoms with E-state index in [2.05, 4.69) is 10.6 Å². The van der Waals surface area contributed by atoms with Gasteiger partial charge in [0, 0.05) is 18.7 Å². The molecule has 2 atom stereocenters. The molecule has 1 aromatic rings. The van der Waals surface area contributed by atoms with Crippen LogP contribution in [0.25, 0.3) is 0 Å². The number of benzene rings is 1. The molecule has 2 unspecified atom stereocenters. The fourth-order valence-electron chi connectivity index (χ4n) is 2.32. The monoisotopic (exact) mass is 264 g/mol. The van der Waals surface area contributed by atoms with Gasteiger partial charge in [0.25, 0.3) is 0 Å². The third-order valence-electron chi connectivity index (χ3n) is 3.51. The van der Waals surface area contributed by atoms with Crippen molar-refractivity contribution in [1.82, 2.24) is 10.6 Å². The number of hydrogen-bond acceptors (Lipinski definition) is 2. The van der Waals surface area contributed by atoms with E-state index in [4.69, 9.17) is 0 Å². The van der Waals surface area contributed by atoms with E-state index in [1.807, 2.05) is 6.92 Å². The molecule has 0 radical (unpaired) electrons. The fraction of sp³-hybridized carbons (Fsp3) is 0.429. The van der Waals surface area contributed by atoms with Crippen LogP contribution in [0.4, 0.5) is 4.39 Å². The molecule has 0 bridgehead atoms. The predicted octanol–water partition coefficient (Wildman–Crippen LogP) is 1.21. The van der Waals surface area contributed by atoms with Gasteiger partial charge in [-0.1, -0.05) is 31.5 Å². The van der Waals surface area contributed by atoms with Gasteiger partial charge in [-0.15, -0.1) is 0 Å². The summed E-state index contributed by atoms with van der Waals surface area (Å²) in [6, 6.07) is 6.26. The fourth-order valence-corrected chi connectivity index (χ4v) is 2.32. The van der Waals surface area contributed by atoms with E-state index in [1.54, 1.807) is 18.2 Å². The summed E-state index contributed by atoms with van der Waals surface area (Å²) in [7, 11) is 0. The second-order valence-electron chi connectivity index (χ2n) is 4.70. The lowest BCUT2D eigenvalue weighted by Crippen LogP contribution is -2.37. The van der Waals surface area contributed by atoms with Crippen molar-refractivity contribution in [2.24, 2.45) is 11.8 Å². The zero-order chi connectivity index (χ0) is 13.8. The summed E-state index contributed by atoms with van der Waals surface area (Å²) in [5.41, 5.74) is 0.419. The summed E-state index contributed by atoms with van der Waals surface area (Å²) in [6.07, 6.45) is 0.760. The molecule has 2 rings (SSSR count). The molecule has 5 heteroatoms. The van der Waals surface area contributed by atoms with Gasteiger partial charge in [0.1, 0.15) is 11.7 Å². The van der Waals surface area contributed by atoms with Gasteiger partial charge in [0.15, 0.2) is 0 Å². The van der Waals surface area contributed by atoms with Crippen molar-refractivity contribution in [2.45, 2.75) is 19.9 Å². The molecule has 1 fully saturated rings. The van der Waals surface area contributed by atoms with Crippen LogP contribution in [0.15, 0.2) is 24.3 Å². The van der Waals surface area contributed by atoms with Crippen LogP contribution >= 0.6 is 0 Å². The molecule has 19 heavy (non-hydrogen) atoms. The third kappa shape index (κ3) is 2.92. The number of amides is 2. The highest BCUT2D eigenvalue weighted by atomic mass is 19.1. The van der Waals surface area contributed by atoms with Gasteiger partial charge in [0.2, 0.25) is 11.8 Å². The average Bonchev–Trinajstić information content (AvgIpc) is 2.78. The van der Waals surface area contributed by atoms with E-state index >= 15 is 0 Å². The summed E-state index contributed by atoms with van der Waals surface area (Å²) in [5.74, 6) is -1.56. The predicted molar refractivity (Wildman–Crippen MR) is 68.5 cm³/mol. The van der Waals surface area contributed by atoms with E-state index < -0.39 is 5.92 Å². The van der Waals surface area contributed by atoms with E-state index in [9.17, 15) is 14.0 Å². The largest absolute Gasteiger partial charge is 0.355 e. The zero-order valence-corrected chi connectivity index (χ0v) is 10.8. The van der Waals surface area contributed by atoms with Crippen LogP contribution in [-0.4, -0.2) is 18.4 Å². The van der Waals surface area contributed by atoms with E-state index in [0.29, 0.717) is 12.1 Å². The highest BCUT2D eigenvalue weighted by Gasteiger charge is 2.38. The van der Waals surface area contributed by atoms with Crippen LogP contribution in [0.1, 0.15) is 18.9 Å². The first-order valence-electron chi connectivity index (χ1n) is 6.42. The summed E-state index contributed by atoms with van der Waals surface area (Å²) in [5, 5.41) is 5.32. The van der Waals surface area contributed by atoms with Gasteiger partial charge >= 0.3 is 0 Å². The van der Waals surface area contributed by atoms with Crippen molar-refractivity contribution in [3.05, 3.63) is 35.6 Å². The number of carbonyl (C=O) groups is 2. The minimum Gasteiger partial charge on any atom is -0.355 e. The van der Waals surface area contributed by atoms with E-state index in [0.717, 1.165) is 6.42 Å². The van der Waals surface area contributed by atoms with Crippen LogP contribution in [0.2, 0.25) is 0 Å². The van der Waals surface area contributed by atoms with Gasteiger partial charge < -0.3 is 10.6 Å². The molecule has 2 N–H and O–H groups in total. The Kier molecular flexibility index (Phi) is 4.14. The molecule has 2 amide bonds. The maximum atomic E-state index is 13.4. The van der Waals surface area contributed by atoms with Crippen LogP contribution in [0, 0.1) is 17.7 Å². The number of carbonyl (C=O) groups excluding carboxylic acids is 2. The van der Waals surface area contributed by atoms with Crippen molar-refractivity contribution in [2.75, 3.05) is 6.54 Å². The summed E-state index contributed by atoms with van der Waals surface area (Å²) in [6.45, 7) is 2.58. The van der Waals surface area contributed by atoms with Gasteiger partial charge in [-0.25, -0.2) is 4.39 Å². The first-order valence-corrected chi connectivity index (χ1v) is 6.42. The molecule has 1 aliphatic rings. The van der Waals surface area contributed by atoms with Crippen molar-refractivity contribution >= 4 is 11.8 Å². The number of rotatable bonds is 4. The molecule has 4 nitrogen and oxygen atoms in total. The molecular formula is C14H17FN2O2. The molecule has 1 aromatic carbocycles. The van der Waals surface area contributed by atoms with Gasteiger partial charge in [-0.2, -0.15) is 0 Å². The molecule has 0 spiro atoms. The molecule has 102 valence electrons. The maximum absolute atomic E-state index is 13.4. The third-order valence-corrected chi connectivity index (χ3v) is 3.51. The smallest absolute Gasteiger partial charge is 0.233 e. The van der Waals surface area contributed by atoms with Crippen molar-refractivity contribution in [1.29, 1.82) is 0 Å². The number of hydrogen-bond donors (Lipinski definition) is 2. The van der Waals surface area contributed by atoms with E-state index in [1.165, 1.54) is 6.07 Å². The Labute approximate surface area is 111 Å². The summed E-state index contributed by atoms with van der Waals surface area (Å²) >= 11 is 0. The Hall–Kier alpha value is -1.91. The first kappa shape index (κ1) is 13.5. The van der Waals surface area contributed by atoms with Crippen LogP contribution in [0.3, 0.4) is 0 Å². The lowest BCUT2D eigenvalue weighted by Gasteiger charge is -2.14. The number of nitrogens with one attached hydrogen (secondary N) is 2. The van der Waals surface area contributed by atoms with Gasteiger partial charge in [-0.05, 0) is 12.0 Å². The second-order valence-corrected chi connectivity index (χ2v) is 4.70. The molecule has 1 aliphatic heterocycles. The molecule has 0 aliphatic carbocycles. The normalized spacial score (nSPS) is 22.1. The summed E-state index contributed by atoms with van der Waals surface area (Å²) < 4.78 is 13.4. The topological polar surface area (TPSA) is 58.2 Å². The molecule has 1 heterocycles. The quantitative estimate of drug-likeness (QED) is 0.803. The highest BCUT2D eigenvalue weighted by molar-refractivity contribution is 6.02. The van der Waals surface area contributed by atoms with Crippen LogP contribution in [0.5, 0.6) is 0 Å². The lowest BCUT2D eigenvalue weighted by atomic mass is 9.92. The zero-order valence-electron chi connectivity index (χ0n) is 10.8. The molecular weight excluding hydrogens is 247 g/mol. The van der Waals surface area contributed by atoms with Crippen LogP contribution < -0.4 is 10.6 Å². The minimum atomic E-state index is -0.656. The maximum Gasteiger partial charge on any atom is 0.233 e. The van der Waals surface area contributed by atoms with Crippen molar-refractivity contribution < 1.29 is 14.0 Å².